The highest BCUT2D eigenvalue weighted by atomic mass is 35.5. The van der Waals surface area contributed by atoms with Crippen molar-refractivity contribution in [1.29, 1.82) is 0 Å². The van der Waals surface area contributed by atoms with Crippen LogP contribution < -0.4 is 10.5 Å². The molecule has 104 valence electrons. The average Bonchev–Trinajstić information content (AvgIpc) is 2.33. The van der Waals surface area contributed by atoms with Gasteiger partial charge in [-0.2, -0.15) is 0 Å². The van der Waals surface area contributed by atoms with E-state index in [0.29, 0.717) is 16.5 Å². The van der Waals surface area contributed by atoms with Gasteiger partial charge in [0, 0.05) is 22.8 Å². The van der Waals surface area contributed by atoms with Crippen LogP contribution in [0.15, 0.2) is 30.3 Å². The fourth-order valence-corrected chi connectivity index (χ4v) is 2.27. The van der Waals surface area contributed by atoms with Crippen LogP contribution >= 0.6 is 11.6 Å². The smallest absolute Gasteiger partial charge is 0.275 e. The number of hydrogen-bond donors (Lipinski definition) is 1. The summed E-state index contributed by atoms with van der Waals surface area (Å²) in [7, 11) is 0. The SMILES string of the molecule is Cc1cc(Cl)cc(C)c1Oc1cc(N)cc([N+](=O)[O-])c1. The van der Waals surface area contributed by atoms with Crippen LogP contribution in [0.25, 0.3) is 0 Å². The van der Waals surface area contributed by atoms with Gasteiger partial charge in [-0.25, -0.2) is 0 Å². The molecule has 0 amide bonds. The molecule has 0 saturated heterocycles. The summed E-state index contributed by atoms with van der Waals surface area (Å²) >= 11 is 5.95. The first-order chi connectivity index (χ1) is 9.36. The number of rotatable bonds is 3. The van der Waals surface area contributed by atoms with Gasteiger partial charge in [-0.1, -0.05) is 11.6 Å². The highest BCUT2D eigenvalue weighted by Crippen LogP contribution is 2.33. The highest BCUT2D eigenvalue weighted by Gasteiger charge is 2.12. The van der Waals surface area contributed by atoms with Crippen molar-refractivity contribution in [2.75, 3.05) is 5.73 Å². The largest absolute Gasteiger partial charge is 0.456 e. The fraction of sp³-hybridized carbons (Fsp3) is 0.143. The second-order valence-corrected chi connectivity index (χ2v) is 4.92. The molecule has 0 bridgehead atoms. The van der Waals surface area contributed by atoms with Crippen molar-refractivity contribution >= 4 is 23.0 Å². The molecule has 2 aromatic carbocycles. The van der Waals surface area contributed by atoms with Crippen molar-refractivity contribution in [3.63, 3.8) is 0 Å². The lowest BCUT2D eigenvalue weighted by molar-refractivity contribution is -0.384. The summed E-state index contributed by atoms with van der Waals surface area (Å²) in [5.41, 5.74) is 7.51. The van der Waals surface area contributed by atoms with Crippen LogP contribution in [-0.2, 0) is 0 Å². The molecule has 6 heteroatoms. The van der Waals surface area contributed by atoms with Crippen molar-refractivity contribution in [2.45, 2.75) is 13.8 Å². The number of nitrogens with two attached hydrogens (primary N) is 1. The molecule has 0 radical (unpaired) electrons. The van der Waals surface area contributed by atoms with Gasteiger partial charge in [-0.05, 0) is 37.1 Å². The number of nitro benzene ring substituents is 1. The van der Waals surface area contributed by atoms with Gasteiger partial charge in [0.05, 0.1) is 11.0 Å². The topological polar surface area (TPSA) is 78.4 Å². The summed E-state index contributed by atoms with van der Waals surface area (Å²) < 4.78 is 5.72. The summed E-state index contributed by atoms with van der Waals surface area (Å²) in [6.07, 6.45) is 0. The minimum absolute atomic E-state index is 0.107. The first-order valence-electron chi connectivity index (χ1n) is 5.86. The van der Waals surface area contributed by atoms with Crippen LogP contribution in [0.5, 0.6) is 11.5 Å². The fourth-order valence-electron chi connectivity index (χ4n) is 1.95. The molecule has 20 heavy (non-hydrogen) atoms. The minimum Gasteiger partial charge on any atom is -0.456 e. The van der Waals surface area contributed by atoms with E-state index in [-0.39, 0.29) is 11.4 Å². The number of nitrogens with zero attached hydrogens (tertiary/aromatic N) is 1. The molecular weight excluding hydrogens is 280 g/mol. The Morgan fingerprint density at radius 2 is 1.75 bits per heavy atom. The highest BCUT2D eigenvalue weighted by molar-refractivity contribution is 6.30. The molecule has 0 unspecified atom stereocenters. The number of aryl methyl sites for hydroxylation is 2. The van der Waals surface area contributed by atoms with Gasteiger partial charge >= 0.3 is 0 Å². The number of hydrogen-bond acceptors (Lipinski definition) is 4. The number of ether oxygens (including phenoxy) is 1. The van der Waals surface area contributed by atoms with E-state index in [0.717, 1.165) is 11.1 Å². The number of non-ortho nitro benzene ring substituents is 1. The molecule has 0 aromatic heterocycles. The minimum atomic E-state index is -0.509. The van der Waals surface area contributed by atoms with Crippen LogP contribution in [0.1, 0.15) is 11.1 Å². The average molecular weight is 293 g/mol. The predicted octanol–water partition coefficient (Wildman–Crippen LogP) is 4.24. The zero-order valence-corrected chi connectivity index (χ0v) is 11.8. The zero-order valence-electron chi connectivity index (χ0n) is 11.0. The lowest BCUT2D eigenvalue weighted by Crippen LogP contribution is -1.95. The Balaban J connectivity index is 2.42. The monoisotopic (exact) mass is 292 g/mol. The van der Waals surface area contributed by atoms with E-state index >= 15 is 0 Å². The zero-order chi connectivity index (χ0) is 14.9. The van der Waals surface area contributed by atoms with Crippen LogP contribution in [0.4, 0.5) is 11.4 Å². The maximum absolute atomic E-state index is 10.8. The number of halogens is 1. The second kappa shape index (κ2) is 5.38. The molecule has 0 atom stereocenters. The van der Waals surface area contributed by atoms with Gasteiger partial charge in [0.15, 0.2) is 0 Å². The van der Waals surface area contributed by atoms with Gasteiger partial charge < -0.3 is 10.5 Å². The summed E-state index contributed by atoms with van der Waals surface area (Å²) in [6.45, 7) is 3.71. The van der Waals surface area contributed by atoms with Crippen molar-refractivity contribution in [3.05, 3.63) is 56.6 Å². The van der Waals surface area contributed by atoms with Crippen molar-refractivity contribution in [1.82, 2.24) is 0 Å². The molecule has 0 aliphatic carbocycles. The van der Waals surface area contributed by atoms with Crippen LogP contribution in [0.2, 0.25) is 5.02 Å². The molecule has 2 rings (SSSR count). The Kier molecular flexibility index (Phi) is 3.81. The third kappa shape index (κ3) is 3.00. The lowest BCUT2D eigenvalue weighted by atomic mass is 10.1. The van der Waals surface area contributed by atoms with E-state index in [1.807, 2.05) is 13.8 Å². The quantitative estimate of drug-likeness (QED) is 0.521. The molecule has 0 aliphatic heterocycles. The van der Waals surface area contributed by atoms with E-state index < -0.39 is 4.92 Å². The van der Waals surface area contributed by atoms with E-state index in [2.05, 4.69) is 0 Å². The summed E-state index contributed by atoms with van der Waals surface area (Å²) in [5, 5.41) is 11.4. The standard InChI is InChI=1S/C14H13ClN2O3/c1-8-3-10(15)4-9(2)14(8)20-13-6-11(16)5-12(7-13)17(18)19/h3-7H,16H2,1-2H3. The van der Waals surface area contributed by atoms with E-state index in [4.69, 9.17) is 22.1 Å². The van der Waals surface area contributed by atoms with Gasteiger partial charge in [0.25, 0.3) is 5.69 Å². The van der Waals surface area contributed by atoms with Crippen molar-refractivity contribution in [2.24, 2.45) is 0 Å². The molecule has 0 heterocycles. The molecule has 0 fully saturated rings. The lowest BCUT2D eigenvalue weighted by Gasteiger charge is -2.12. The van der Waals surface area contributed by atoms with Gasteiger partial charge in [-0.3, -0.25) is 10.1 Å². The van der Waals surface area contributed by atoms with Crippen LogP contribution in [-0.4, -0.2) is 4.92 Å². The maximum atomic E-state index is 10.8. The first-order valence-corrected chi connectivity index (χ1v) is 6.24. The van der Waals surface area contributed by atoms with Crippen molar-refractivity contribution in [3.8, 4) is 11.5 Å². The van der Waals surface area contributed by atoms with Gasteiger partial charge in [0.1, 0.15) is 11.5 Å². The third-order valence-corrected chi connectivity index (χ3v) is 2.99. The molecular formula is C14H13ClN2O3. The summed E-state index contributed by atoms with van der Waals surface area (Å²) in [5.74, 6) is 0.944. The number of nitro groups is 1. The Labute approximate surface area is 121 Å². The molecule has 5 nitrogen and oxygen atoms in total. The Morgan fingerprint density at radius 1 is 1.15 bits per heavy atom. The third-order valence-electron chi connectivity index (χ3n) is 2.77. The molecule has 0 saturated carbocycles. The van der Waals surface area contributed by atoms with Gasteiger partial charge in [-0.15, -0.1) is 0 Å². The molecule has 0 aliphatic rings. The van der Waals surface area contributed by atoms with Crippen LogP contribution in [0.3, 0.4) is 0 Å². The number of anilines is 1. The normalized spacial score (nSPS) is 10.3. The first kappa shape index (κ1) is 14.1. The van der Waals surface area contributed by atoms with E-state index in [1.54, 1.807) is 18.2 Å². The van der Waals surface area contributed by atoms with Crippen molar-refractivity contribution < 1.29 is 9.66 Å². The predicted molar refractivity (Wildman–Crippen MR) is 78.5 cm³/mol. The van der Waals surface area contributed by atoms with Crippen LogP contribution in [0, 0.1) is 24.0 Å². The Morgan fingerprint density at radius 3 is 2.30 bits per heavy atom. The van der Waals surface area contributed by atoms with Gasteiger partial charge in [0.2, 0.25) is 0 Å². The molecule has 2 aromatic rings. The molecule has 0 spiro atoms. The Hall–Kier alpha value is -2.27. The van der Waals surface area contributed by atoms with E-state index in [9.17, 15) is 10.1 Å². The Bertz CT molecular complexity index is 663. The second-order valence-electron chi connectivity index (χ2n) is 4.49. The summed E-state index contributed by atoms with van der Waals surface area (Å²) in [4.78, 5) is 10.3. The summed E-state index contributed by atoms with van der Waals surface area (Å²) in [6, 6.07) is 7.70. The number of nitrogen functional groups attached to an aromatic ring is 1. The molecule has 2 N–H and O–H groups in total. The number of benzene rings is 2. The van der Waals surface area contributed by atoms with E-state index in [1.165, 1.54) is 12.1 Å². The maximum Gasteiger partial charge on any atom is 0.275 e.